The lowest BCUT2D eigenvalue weighted by molar-refractivity contribution is 0.489. The normalized spacial score (nSPS) is 16.8. The predicted molar refractivity (Wildman–Crippen MR) is 87.7 cm³/mol. The Morgan fingerprint density at radius 3 is 2.73 bits per heavy atom. The minimum Gasteiger partial charge on any atom is -0.439 e. The highest BCUT2D eigenvalue weighted by atomic mass is 16.4. The van der Waals surface area contributed by atoms with Crippen LogP contribution in [-0.4, -0.2) is 11.0 Å². The maximum Gasteiger partial charge on any atom is 0.214 e. The Morgan fingerprint density at radius 1 is 1.09 bits per heavy atom. The molecule has 0 saturated carbocycles. The molecule has 0 N–H and O–H groups in total. The minimum absolute atomic E-state index is 0.476. The van der Waals surface area contributed by atoms with E-state index in [1.165, 1.54) is 11.3 Å². The molecule has 0 saturated heterocycles. The molecule has 1 aromatic heterocycles. The molecule has 3 aromatic rings. The first-order chi connectivity index (χ1) is 10.8. The van der Waals surface area contributed by atoms with Crippen LogP contribution in [0.25, 0.3) is 11.3 Å². The van der Waals surface area contributed by atoms with Crippen molar-refractivity contribution in [2.75, 3.05) is 4.90 Å². The van der Waals surface area contributed by atoms with Gasteiger partial charge in [-0.25, -0.2) is 4.98 Å². The molecule has 22 heavy (non-hydrogen) atoms. The van der Waals surface area contributed by atoms with Crippen LogP contribution >= 0.6 is 0 Å². The van der Waals surface area contributed by atoms with Crippen molar-refractivity contribution in [2.24, 2.45) is 0 Å². The van der Waals surface area contributed by atoms with Crippen LogP contribution in [0.3, 0.4) is 0 Å². The average molecular weight is 290 g/mol. The van der Waals surface area contributed by atoms with Gasteiger partial charge >= 0.3 is 0 Å². The molecular weight excluding hydrogens is 272 g/mol. The molecule has 0 amide bonds. The summed E-state index contributed by atoms with van der Waals surface area (Å²) in [6, 6.07) is 19.2. The molecular formula is C19H18N2O. The molecule has 0 unspecified atom stereocenters. The van der Waals surface area contributed by atoms with E-state index in [9.17, 15) is 0 Å². The third kappa shape index (κ3) is 2.29. The Balaban J connectivity index is 1.59. The maximum absolute atomic E-state index is 5.94. The molecule has 0 radical (unpaired) electrons. The number of hydrogen-bond donors (Lipinski definition) is 0. The van der Waals surface area contributed by atoms with Crippen LogP contribution in [0.15, 0.2) is 65.2 Å². The van der Waals surface area contributed by atoms with Gasteiger partial charge in [0.1, 0.15) is 0 Å². The maximum atomic E-state index is 5.94. The van der Waals surface area contributed by atoms with Crippen LogP contribution < -0.4 is 4.90 Å². The van der Waals surface area contributed by atoms with E-state index in [1.807, 2.05) is 36.5 Å². The van der Waals surface area contributed by atoms with E-state index in [0.29, 0.717) is 12.6 Å². The van der Waals surface area contributed by atoms with Crippen molar-refractivity contribution in [1.29, 1.82) is 0 Å². The highest BCUT2D eigenvalue weighted by Gasteiger charge is 2.26. The van der Waals surface area contributed by atoms with E-state index in [4.69, 9.17) is 4.42 Å². The fourth-order valence-electron chi connectivity index (χ4n) is 3.14. The second-order valence-corrected chi connectivity index (χ2v) is 5.79. The summed E-state index contributed by atoms with van der Waals surface area (Å²) < 4.78 is 5.94. The molecule has 2 aromatic carbocycles. The first kappa shape index (κ1) is 13.1. The smallest absolute Gasteiger partial charge is 0.214 e. The van der Waals surface area contributed by atoms with E-state index in [2.05, 4.69) is 41.1 Å². The number of benzene rings is 2. The van der Waals surface area contributed by atoms with Crippen LogP contribution in [0.4, 0.5) is 5.69 Å². The van der Waals surface area contributed by atoms with Crippen molar-refractivity contribution in [2.45, 2.75) is 25.9 Å². The highest BCUT2D eigenvalue weighted by molar-refractivity contribution is 5.59. The van der Waals surface area contributed by atoms with Crippen LogP contribution in [0.2, 0.25) is 0 Å². The molecule has 1 aliphatic heterocycles. The summed E-state index contributed by atoms with van der Waals surface area (Å²) >= 11 is 0. The summed E-state index contributed by atoms with van der Waals surface area (Å²) in [6.45, 7) is 2.96. The van der Waals surface area contributed by atoms with Gasteiger partial charge in [-0.1, -0.05) is 48.5 Å². The standard InChI is InChI=1S/C19H18N2O/c1-14-11-16-9-5-6-10-17(16)21(14)13-19-20-12-18(22-19)15-7-3-2-4-8-15/h2-10,12,14H,11,13H2,1H3/t14-/m0/s1. The van der Waals surface area contributed by atoms with Crippen molar-refractivity contribution >= 4 is 5.69 Å². The fraction of sp³-hybridized carbons (Fsp3) is 0.211. The molecule has 0 bridgehead atoms. The van der Waals surface area contributed by atoms with E-state index in [1.54, 1.807) is 0 Å². The zero-order chi connectivity index (χ0) is 14.9. The van der Waals surface area contributed by atoms with Crippen LogP contribution in [0.5, 0.6) is 0 Å². The first-order valence-electron chi connectivity index (χ1n) is 7.66. The SMILES string of the molecule is C[C@H]1Cc2ccccc2N1Cc1ncc(-c2ccccc2)o1. The van der Waals surface area contributed by atoms with Gasteiger partial charge in [0.2, 0.25) is 5.89 Å². The lowest BCUT2D eigenvalue weighted by Gasteiger charge is -2.23. The monoisotopic (exact) mass is 290 g/mol. The van der Waals surface area contributed by atoms with Crippen LogP contribution in [-0.2, 0) is 13.0 Å². The molecule has 2 heterocycles. The molecule has 0 fully saturated rings. The number of aromatic nitrogens is 1. The largest absolute Gasteiger partial charge is 0.439 e. The summed E-state index contributed by atoms with van der Waals surface area (Å²) in [7, 11) is 0. The molecule has 1 aliphatic rings. The molecule has 0 aliphatic carbocycles. The number of hydrogen-bond acceptors (Lipinski definition) is 3. The van der Waals surface area contributed by atoms with E-state index < -0.39 is 0 Å². The lowest BCUT2D eigenvalue weighted by Crippen LogP contribution is -2.28. The van der Waals surface area contributed by atoms with E-state index >= 15 is 0 Å². The van der Waals surface area contributed by atoms with Crippen molar-refractivity contribution in [3.05, 3.63) is 72.2 Å². The number of nitrogens with zero attached hydrogens (tertiary/aromatic N) is 2. The number of fused-ring (bicyclic) bond motifs is 1. The van der Waals surface area contributed by atoms with Crippen LogP contribution in [0.1, 0.15) is 18.4 Å². The van der Waals surface area contributed by atoms with Gasteiger partial charge < -0.3 is 9.32 Å². The summed E-state index contributed by atoms with van der Waals surface area (Å²) in [5.41, 5.74) is 3.77. The van der Waals surface area contributed by atoms with Gasteiger partial charge in [-0.2, -0.15) is 0 Å². The Hall–Kier alpha value is -2.55. The summed E-state index contributed by atoms with van der Waals surface area (Å²) in [5, 5.41) is 0. The van der Waals surface area contributed by atoms with Gasteiger partial charge in [-0.05, 0) is 25.0 Å². The number of para-hydroxylation sites is 1. The molecule has 4 rings (SSSR count). The fourth-order valence-corrected chi connectivity index (χ4v) is 3.14. The van der Waals surface area contributed by atoms with Crippen molar-refractivity contribution in [3.8, 4) is 11.3 Å². The predicted octanol–water partition coefficient (Wildman–Crippen LogP) is 4.29. The van der Waals surface area contributed by atoms with Crippen molar-refractivity contribution < 1.29 is 4.42 Å². The van der Waals surface area contributed by atoms with Gasteiger partial charge in [0.05, 0.1) is 12.7 Å². The molecule has 3 nitrogen and oxygen atoms in total. The Kier molecular flexibility index (Phi) is 3.19. The lowest BCUT2D eigenvalue weighted by atomic mass is 10.1. The van der Waals surface area contributed by atoms with E-state index in [-0.39, 0.29) is 0 Å². The third-order valence-corrected chi connectivity index (χ3v) is 4.27. The minimum atomic E-state index is 0.476. The number of anilines is 1. The quantitative estimate of drug-likeness (QED) is 0.720. The van der Waals surface area contributed by atoms with Gasteiger partial charge in [0.15, 0.2) is 5.76 Å². The zero-order valence-corrected chi connectivity index (χ0v) is 12.6. The highest BCUT2D eigenvalue weighted by Crippen LogP contribution is 2.33. The topological polar surface area (TPSA) is 29.3 Å². The number of oxazole rings is 1. The molecule has 3 heteroatoms. The third-order valence-electron chi connectivity index (χ3n) is 4.27. The van der Waals surface area contributed by atoms with Gasteiger partial charge in [0.25, 0.3) is 0 Å². The van der Waals surface area contributed by atoms with Gasteiger partial charge in [-0.15, -0.1) is 0 Å². The molecule has 110 valence electrons. The summed E-state index contributed by atoms with van der Waals surface area (Å²) in [5.74, 6) is 1.60. The molecule has 1 atom stereocenters. The Morgan fingerprint density at radius 2 is 1.86 bits per heavy atom. The Labute approximate surface area is 130 Å². The van der Waals surface area contributed by atoms with E-state index in [0.717, 1.165) is 23.6 Å². The van der Waals surface area contributed by atoms with Gasteiger partial charge in [0, 0.05) is 17.3 Å². The van der Waals surface area contributed by atoms with Crippen LogP contribution in [0, 0.1) is 0 Å². The Bertz CT molecular complexity index is 779. The van der Waals surface area contributed by atoms with Gasteiger partial charge in [-0.3, -0.25) is 0 Å². The summed E-state index contributed by atoms with van der Waals surface area (Å²) in [6.07, 6.45) is 2.90. The first-order valence-corrected chi connectivity index (χ1v) is 7.66. The zero-order valence-electron chi connectivity index (χ0n) is 12.6. The number of rotatable bonds is 3. The average Bonchev–Trinajstić information content (AvgIpc) is 3.14. The van der Waals surface area contributed by atoms with Crippen molar-refractivity contribution in [1.82, 2.24) is 4.98 Å². The second kappa shape index (κ2) is 5.34. The van der Waals surface area contributed by atoms with Crippen molar-refractivity contribution in [3.63, 3.8) is 0 Å². The summed E-state index contributed by atoms with van der Waals surface area (Å²) in [4.78, 5) is 6.83. The molecule has 0 spiro atoms. The second-order valence-electron chi connectivity index (χ2n) is 5.79.